The molecule has 1 amide bonds. The number of carbonyl (C=O) groups is 2. The lowest BCUT2D eigenvalue weighted by Crippen LogP contribution is -2.68. The van der Waals surface area contributed by atoms with E-state index in [0.717, 1.165) is 23.1 Å². The highest BCUT2D eigenvalue weighted by Crippen LogP contribution is 2.41. The van der Waals surface area contributed by atoms with Crippen molar-refractivity contribution in [1.82, 2.24) is 4.90 Å². The van der Waals surface area contributed by atoms with Crippen LogP contribution >= 0.6 is 24.2 Å². The van der Waals surface area contributed by atoms with Gasteiger partial charge in [0.25, 0.3) is 0 Å². The number of β-lactam (4-membered cyclic amide) rings is 1. The molecule has 2 aliphatic rings. The van der Waals surface area contributed by atoms with Gasteiger partial charge in [-0.2, -0.15) is 0 Å². The smallest absolute Gasteiger partial charge is 0.356 e. The fraction of sp³-hybridized carbons (Fsp3) is 0.250. The zero-order chi connectivity index (χ0) is 21.1. The molecular formula is C24H25ClN2O3S. The van der Waals surface area contributed by atoms with Crippen molar-refractivity contribution in [2.24, 2.45) is 5.73 Å². The Morgan fingerprint density at radius 1 is 1.16 bits per heavy atom. The Kier molecular flexibility index (Phi) is 7.59. The Bertz CT molecular complexity index is 955. The zero-order valence-corrected chi connectivity index (χ0v) is 18.8. The lowest BCUT2D eigenvalue weighted by Gasteiger charge is -2.48. The van der Waals surface area contributed by atoms with E-state index >= 15 is 0 Å². The van der Waals surface area contributed by atoms with Crippen molar-refractivity contribution in [1.29, 1.82) is 0 Å². The molecule has 5 nitrogen and oxygen atoms in total. The van der Waals surface area contributed by atoms with Gasteiger partial charge in [-0.15, -0.1) is 24.2 Å². The van der Waals surface area contributed by atoms with Crippen LogP contribution in [0.4, 0.5) is 0 Å². The molecule has 2 aromatic carbocycles. The number of rotatable bonds is 6. The summed E-state index contributed by atoms with van der Waals surface area (Å²) >= 11 is 1.58. The zero-order valence-electron chi connectivity index (χ0n) is 17.1. The summed E-state index contributed by atoms with van der Waals surface area (Å²) in [7, 11) is 0. The molecule has 162 valence electrons. The van der Waals surface area contributed by atoms with Crippen LogP contribution in [-0.2, 0) is 14.3 Å². The number of halogens is 1. The molecular weight excluding hydrogens is 432 g/mol. The van der Waals surface area contributed by atoms with Crippen LogP contribution in [-0.4, -0.2) is 33.9 Å². The average molecular weight is 457 g/mol. The summed E-state index contributed by atoms with van der Waals surface area (Å²) in [5.74, 6) is -0.128. The Labute approximate surface area is 192 Å². The van der Waals surface area contributed by atoms with Crippen molar-refractivity contribution in [2.45, 2.75) is 30.9 Å². The highest BCUT2D eigenvalue weighted by molar-refractivity contribution is 8.00. The molecule has 0 aromatic heterocycles. The van der Waals surface area contributed by atoms with E-state index in [1.807, 2.05) is 79.7 Å². The fourth-order valence-electron chi connectivity index (χ4n) is 3.66. The minimum absolute atomic E-state index is 0. The SMILES string of the molecule is CC/C=C\C1=C(C(=O)OC(c2ccccc2)c2ccccc2)N2C(=O)C(N)C2SC1.Cl. The number of carbonyl (C=O) groups excluding carboxylic acids is 2. The number of hydrogen-bond acceptors (Lipinski definition) is 5. The van der Waals surface area contributed by atoms with Crippen LogP contribution < -0.4 is 5.73 Å². The molecule has 2 heterocycles. The topological polar surface area (TPSA) is 72.6 Å². The Hall–Kier alpha value is -2.54. The van der Waals surface area contributed by atoms with Gasteiger partial charge in [0.15, 0.2) is 6.10 Å². The lowest BCUT2D eigenvalue weighted by molar-refractivity contribution is -0.153. The highest BCUT2D eigenvalue weighted by Gasteiger charge is 2.52. The molecule has 7 heteroatoms. The van der Waals surface area contributed by atoms with Crippen LogP contribution in [0.5, 0.6) is 0 Å². The van der Waals surface area contributed by atoms with E-state index in [1.54, 1.807) is 11.8 Å². The van der Waals surface area contributed by atoms with E-state index in [9.17, 15) is 9.59 Å². The van der Waals surface area contributed by atoms with Gasteiger partial charge < -0.3 is 10.5 Å². The molecule has 0 spiro atoms. The second kappa shape index (κ2) is 10.2. The van der Waals surface area contributed by atoms with Gasteiger partial charge >= 0.3 is 5.97 Å². The molecule has 0 radical (unpaired) electrons. The summed E-state index contributed by atoms with van der Waals surface area (Å²) in [6, 6.07) is 18.7. The number of ether oxygens (including phenoxy) is 1. The normalized spacial score (nSPS) is 20.4. The van der Waals surface area contributed by atoms with Gasteiger partial charge in [-0.3, -0.25) is 9.69 Å². The van der Waals surface area contributed by atoms with Crippen LogP contribution in [0.15, 0.2) is 84.1 Å². The first-order valence-electron chi connectivity index (χ1n) is 10.0. The van der Waals surface area contributed by atoms with Crippen molar-refractivity contribution in [3.05, 3.63) is 95.2 Å². The molecule has 2 aromatic rings. The third-order valence-corrected chi connectivity index (χ3v) is 6.54. The molecule has 0 saturated carbocycles. The molecule has 4 rings (SSSR count). The number of fused-ring (bicyclic) bond motifs is 1. The summed E-state index contributed by atoms with van der Waals surface area (Å²) in [6.07, 6.45) is 4.17. The van der Waals surface area contributed by atoms with E-state index in [-0.39, 0.29) is 23.7 Å². The van der Waals surface area contributed by atoms with E-state index in [1.165, 1.54) is 4.90 Å². The molecule has 0 aliphatic carbocycles. The van der Waals surface area contributed by atoms with Gasteiger partial charge in [-0.25, -0.2) is 4.79 Å². The maximum absolute atomic E-state index is 13.4. The summed E-state index contributed by atoms with van der Waals surface area (Å²) < 4.78 is 6.03. The number of allylic oxidation sites excluding steroid dienone is 2. The monoisotopic (exact) mass is 456 g/mol. The first-order valence-corrected chi connectivity index (χ1v) is 11.1. The largest absolute Gasteiger partial charge is 0.448 e. The van der Waals surface area contributed by atoms with Crippen molar-refractivity contribution < 1.29 is 14.3 Å². The quantitative estimate of drug-likeness (QED) is 0.521. The van der Waals surface area contributed by atoms with Crippen LogP contribution in [0.2, 0.25) is 0 Å². The van der Waals surface area contributed by atoms with Gasteiger partial charge in [0.2, 0.25) is 5.91 Å². The number of amides is 1. The first kappa shape index (κ1) is 23.1. The van der Waals surface area contributed by atoms with Crippen molar-refractivity contribution in [3.63, 3.8) is 0 Å². The summed E-state index contributed by atoms with van der Waals surface area (Å²) in [5, 5.41) is -0.217. The molecule has 2 unspecified atom stereocenters. The van der Waals surface area contributed by atoms with Crippen molar-refractivity contribution >= 4 is 36.0 Å². The molecule has 0 bridgehead atoms. The van der Waals surface area contributed by atoms with Crippen LogP contribution in [0.3, 0.4) is 0 Å². The van der Waals surface area contributed by atoms with Gasteiger partial charge in [-0.05, 0) is 23.1 Å². The van der Waals surface area contributed by atoms with Crippen molar-refractivity contribution in [3.8, 4) is 0 Å². The summed E-state index contributed by atoms with van der Waals surface area (Å²) in [4.78, 5) is 27.4. The predicted octanol–water partition coefficient (Wildman–Crippen LogP) is 4.20. The molecule has 2 aliphatic heterocycles. The first-order chi connectivity index (χ1) is 14.6. The molecule has 1 saturated heterocycles. The van der Waals surface area contributed by atoms with Gasteiger partial charge in [0.05, 0.1) is 0 Å². The summed E-state index contributed by atoms with van der Waals surface area (Å²) in [5.41, 5.74) is 8.81. The Morgan fingerprint density at radius 2 is 1.74 bits per heavy atom. The fourth-order valence-corrected chi connectivity index (χ4v) is 4.93. The molecule has 2 atom stereocenters. The van der Waals surface area contributed by atoms with Gasteiger partial charge in [0.1, 0.15) is 17.1 Å². The van der Waals surface area contributed by atoms with Crippen LogP contribution in [0.25, 0.3) is 0 Å². The number of benzene rings is 2. The number of nitrogens with two attached hydrogens (primary N) is 1. The highest BCUT2D eigenvalue weighted by atomic mass is 35.5. The minimum atomic E-state index is -0.575. The van der Waals surface area contributed by atoms with E-state index in [4.69, 9.17) is 10.5 Å². The maximum Gasteiger partial charge on any atom is 0.356 e. The third-order valence-electron chi connectivity index (χ3n) is 5.22. The lowest BCUT2D eigenvalue weighted by atomic mass is 10.0. The minimum Gasteiger partial charge on any atom is -0.448 e. The number of nitrogens with zero attached hydrogens (tertiary/aromatic N) is 1. The van der Waals surface area contributed by atoms with Crippen LogP contribution in [0.1, 0.15) is 30.6 Å². The number of hydrogen-bond donors (Lipinski definition) is 1. The van der Waals surface area contributed by atoms with E-state index < -0.39 is 18.1 Å². The molecule has 1 fully saturated rings. The maximum atomic E-state index is 13.4. The number of thioether (sulfide) groups is 1. The van der Waals surface area contributed by atoms with Gasteiger partial charge in [0, 0.05) is 5.75 Å². The standard InChI is InChI=1S/C24H24N2O3S.ClH/c1-2-3-10-18-15-30-23-19(25)22(27)26(23)20(18)24(28)29-21(16-11-6-4-7-12-16)17-13-8-5-9-14-17;/h3-14,19,21,23H,2,15,25H2,1H3;1H/b10-3-;. The van der Waals surface area contributed by atoms with Crippen molar-refractivity contribution in [2.75, 3.05) is 5.75 Å². The number of esters is 1. The third kappa shape index (κ3) is 4.56. The predicted molar refractivity (Wildman–Crippen MR) is 126 cm³/mol. The van der Waals surface area contributed by atoms with E-state index in [2.05, 4.69) is 0 Å². The Morgan fingerprint density at radius 3 is 2.29 bits per heavy atom. The second-order valence-electron chi connectivity index (χ2n) is 7.23. The molecule has 31 heavy (non-hydrogen) atoms. The average Bonchev–Trinajstić information content (AvgIpc) is 2.81. The molecule has 2 N–H and O–H groups in total. The Balaban J connectivity index is 0.00000272. The van der Waals surface area contributed by atoms with Gasteiger partial charge in [-0.1, -0.05) is 79.7 Å². The van der Waals surface area contributed by atoms with Crippen LogP contribution in [0, 0.1) is 0 Å². The van der Waals surface area contributed by atoms with E-state index in [0.29, 0.717) is 11.4 Å². The summed E-state index contributed by atoms with van der Waals surface area (Å²) in [6.45, 7) is 2.03. The second-order valence-corrected chi connectivity index (χ2v) is 8.33.